The van der Waals surface area contributed by atoms with Crippen molar-refractivity contribution in [2.45, 2.75) is 121 Å². The zero-order chi connectivity index (χ0) is 47.3. The fraction of sp³-hybridized carbons (Fsp3) is 0.571. The van der Waals surface area contributed by atoms with E-state index in [4.69, 9.17) is 28.7 Å². The first-order chi connectivity index (χ1) is 31.2. The molecule has 2 aliphatic carbocycles. The Hall–Kier alpha value is -5.32. The molecule has 2 aromatic carbocycles. The summed E-state index contributed by atoms with van der Waals surface area (Å²) in [6, 6.07) is 11.6. The average molecular weight is 936 g/mol. The third-order valence-corrected chi connectivity index (χ3v) is 15.9. The molecule has 8 rings (SSSR count). The van der Waals surface area contributed by atoms with Gasteiger partial charge in [0.15, 0.2) is 22.9 Å². The summed E-state index contributed by atoms with van der Waals surface area (Å²) in [4.78, 5) is 64.1. The summed E-state index contributed by atoms with van der Waals surface area (Å²) in [5.74, 6) is -6.05. The lowest BCUT2D eigenvalue weighted by Crippen LogP contribution is -2.48. The maximum atomic E-state index is 15.2. The predicted octanol–water partition coefficient (Wildman–Crippen LogP) is 7.60. The zero-order valence-electron chi connectivity index (χ0n) is 38.3. The number of fused-ring (bicyclic) bond motifs is 4. The van der Waals surface area contributed by atoms with E-state index in [9.17, 15) is 31.6 Å². The van der Waals surface area contributed by atoms with Crippen LogP contribution in [0.1, 0.15) is 92.4 Å². The Morgan fingerprint density at radius 2 is 1.73 bits per heavy atom. The third-order valence-electron chi connectivity index (χ3n) is 14.1. The van der Waals surface area contributed by atoms with E-state index in [-0.39, 0.29) is 37.6 Å². The first-order valence-corrected chi connectivity index (χ1v) is 24.4. The van der Waals surface area contributed by atoms with Crippen molar-refractivity contribution in [3.63, 3.8) is 0 Å². The zero-order valence-corrected chi connectivity index (χ0v) is 39.1. The van der Waals surface area contributed by atoms with Gasteiger partial charge in [-0.2, -0.15) is 0 Å². The number of nitrogens with zero attached hydrogens (tertiary/aromatic N) is 2. The quantitative estimate of drug-likeness (QED) is 0.147. The maximum absolute atomic E-state index is 15.2. The molecule has 1 aromatic heterocycles. The SMILES string of the molecule is COc1ccc2c(O[C@@H]3C[C@H]4C(=O)C[C@]5(C(=O)NS(=O)(=O)C6CC6)C[C@H]5/C=C\CC[C@@H](C)C[C@@H](C)[C@H](CC(=O)OC(C)(C)C(C)(F)F)C(=O)N4C3)nc(-c3ccc4c(c3)OCCO4)cc2c1. The van der Waals surface area contributed by atoms with E-state index >= 15 is 4.79 Å². The van der Waals surface area contributed by atoms with Gasteiger partial charge in [-0.3, -0.25) is 23.9 Å². The molecule has 4 heterocycles. The van der Waals surface area contributed by atoms with E-state index in [1.54, 1.807) is 25.3 Å². The highest BCUT2D eigenvalue weighted by Gasteiger charge is 2.62. The van der Waals surface area contributed by atoms with Crippen LogP contribution in [-0.2, 0) is 33.9 Å². The van der Waals surface area contributed by atoms with Crippen LogP contribution in [0.15, 0.2) is 54.6 Å². The number of methoxy groups -OCH3 is 1. The molecule has 0 radical (unpaired) electrons. The van der Waals surface area contributed by atoms with Gasteiger partial charge in [-0.05, 0) is 118 Å². The Balaban J connectivity index is 1.16. The minimum atomic E-state index is -3.94. The highest BCUT2D eigenvalue weighted by molar-refractivity contribution is 7.90. The number of carbonyl (C=O) groups is 4. The van der Waals surface area contributed by atoms with Crippen molar-refractivity contribution in [2.75, 3.05) is 26.9 Å². The van der Waals surface area contributed by atoms with Crippen LogP contribution < -0.4 is 23.7 Å². The highest BCUT2D eigenvalue weighted by Crippen LogP contribution is 2.57. The van der Waals surface area contributed by atoms with Crippen molar-refractivity contribution in [3.8, 4) is 34.4 Å². The Morgan fingerprint density at radius 1 is 0.985 bits per heavy atom. The second-order valence-corrected chi connectivity index (χ2v) is 21.5. The van der Waals surface area contributed by atoms with Crippen molar-refractivity contribution in [1.29, 1.82) is 0 Å². The Kier molecular flexibility index (Phi) is 12.9. The minimum Gasteiger partial charge on any atom is -0.497 e. The van der Waals surface area contributed by atoms with Gasteiger partial charge in [-0.25, -0.2) is 22.2 Å². The molecule has 0 bridgehead atoms. The van der Waals surface area contributed by atoms with Crippen molar-refractivity contribution in [3.05, 3.63) is 54.6 Å². The van der Waals surface area contributed by atoms with E-state index in [2.05, 4.69) is 4.72 Å². The number of hydrogen-bond donors (Lipinski definition) is 1. The number of benzene rings is 2. The van der Waals surface area contributed by atoms with Crippen molar-refractivity contribution in [2.24, 2.45) is 29.1 Å². The van der Waals surface area contributed by atoms with Crippen LogP contribution in [0.4, 0.5) is 8.78 Å². The standard InChI is InChI=1S/C49H59F2N3O11S/c1-28-9-7-8-10-32-25-49(32,46(58)53-66(59,60)35-13-14-35)26-40(55)39-23-34(27-54(39)45(57)37(29(2)19-28)24-43(56)65-47(3,4)48(5,50)51)64-44-36-15-12-33(61-6)20-31(36)21-38(52-44)30-11-16-41-42(22-30)63-18-17-62-41/h8,10-12,15-16,20-22,28-29,32,34-35,37,39H,7,9,13-14,17-19,23-27H2,1-6H3,(H,53,58)/b10-8-/t28-,29-,32-,34-,37+,39+,49-/m1/s1. The maximum Gasteiger partial charge on any atom is 0.307 e. The summed E-state index contributed by atoms with van der Waals surface area (Å²) in [6.07, 6.45) is 5.06. The summed E-state index contributed by atoms with van der Waals surface area (Å²) in [7, 11) is -2.39. The number of alkyl halides is 2. The number of allylic oxidation sites excluding steroid dienone is 2. The van der Waals surface area contributed by atoms with Gasteiger partial charge in [0.1, 0.15) is 25.1 Å². The molecular weight excluding hydrogens is 877 g/mol. The van der Waals surface area contributed by atoms with Crippen molar-refractivity contribution in [1.82, 2.24) is 14.6 Å². The van der Waals surface area contributed by atoms with Crippen LogP contribution in [0, 0.1) is 29.1 Å². The molecular formula is C49H59F2N3O11S. The summed E-state index contributed by atoms with van der Waals surface area (Å²) < 4.78 is 86.8. The fourth-order valence-electron chi connectivity index (χ4n) is 9.51. The van der Waals surface area contributed by atoms with Crippen LogP contribution >= 0.6 is 0 Å². The predicted molar refractivity (Wildman–Crippen MR) is 240 cm³/mol. The number of pyridine rings is 1. The summed E-state index contributed by atoms with van der Waals surface area (Å²) in [5.41, 5.74) is -2.29. The number of carbonyl (C=O) groups excluding carboxylic acids is 4. The van der Waals surface area contributed by atoms with Gasteiger partial charge in [-0.1, -0.05) is 26.0 Å². The lowest BCUT2D eigenvalue weighted by molar-refractivity contribution is -0.197. The molecule has 2 saturated carbocycles. The monoisotopic (exact) mass is 935 g/mol. The molecule has 356 valence electrons. The number of nitrogens with one attached hydrogen (secondary N) is 1. The van der Waals surface area contributed by atoms with E-state index in [1.165, 1.54) is 4.90 Å². The number of hydrogen-bond acceptors (Lipinski definition) is 12. The Labute approximate surface area is 384 Å². The molecule has 7 atom stereocenters. The molecule has 3 fully saturated rings. The largest absolute Gasteiger partial charge is 0.497 e. The Bertz CT molecular complexity index is 2540. The number of sulfonamides is 1. The van der Waals surface area contributed by atoms with Gasteiger partial charge < -0.3 is 28.6 Å². The highest BCUT2D eigenvalue weighted by atomic mass is 32.2. The van der Waals surface area contributed by atoms with Gasteiger partial charge in [-0.15, -0.1) is 0 Å². The number of ether oxygens (including phenoxy) is 5. The summed E-state index contributed by atoms with van der Waals surface area (Å²) in [5, 5.41) is 0.690. The molecule has 3 aliphatic heterocycles. The first-order valence-electron chi connectivity index (χ1n) is 22.9. The molecule has 2 amide bonds. The van der Waals surface area contributed by atoms with E-state index in [0.717, 1.165) is 19.2 Å². The lowest BCUT2D eigenvalue weighted by Gasteiger charge is -2.34. The molecule has 3 aromatic rings. The lowest BCUT2D eigenvalue weighted by atomic mass is 9.82. The van der Waals surface area contributed by atoms with Gasteiger partial charge >= 0.3 is 5.97 Å². The van der Waals surface area contributed by atoms with Gasteiger partial charge in [0, 0.05) is 30.7 Å². The smallest absolute Gasteiger partial charge is 0.307 e. The van der Waals surface area contributed by atoms with Crippen molar-refractivity contribution < 1.29 is 60.1 Å². The van der Waals surface area contributed by atoms with Crippen LogP contribution in [0.2, 0.25) is 0 Å². The second-order valence-electron chi connectivity index (χ2n) is 19.5. The van der Waals surface area contributed by atoms with Crippen molar-refractivity contribution >= 4 is 44.4 Å². The number of halogens is 2. The number of aromatic nitrogens is 1. The van der Waals surface area contributed by atoms with E-state index in [1.807, 2.05) is 50.3 Å². The van der Waals surface area contributed by atoms with Crippen LogP contribution in [0.3, 0.4) is 0 Å². The van der Waals surface area contributed by atoms with Crippen LogP contribution in [-0.4, -0.2) is 97.7 Å². The molecule has 1 N–H and O–H groups in total. The number of amides is 2. The number of rotatable bonds is 11. The molecule has 0 unspecified atom stereocenters. The molecule has 1 saturated heterocycles. The average Bonchev–Trinajstić information content (AvgIpc) is 4.19. The van der Waals surface area contributed by atoms with Gasteiger partial charge in [0.05, 0.1) is 48.4 Å². The molecule has 0 spiro atoms. The first kappa shape index (κ1) is 47.2. The minimum absolute atomic E-state index is 0.0201. The number of ketones is 1. The topological polar surface area (TPSA) is 177 Å². The Morgan fingerprint density at radius 3 is 2.44 bits per heavy atom. The van der Waals surface area contributed by atoms with Crippen LogP contribution in [0.25, 0.3) is 22.0 Å². The third kappa shape index (κ3) is 9.86. The van der Waals surface area contributed by atoms with Gasteiger partial charge in [0.2, 0.25) is 27.7 Å². The fourth-order valence-corrected chi connectivity index (χ4v) is 10.9. The van der Waals surface area contributed by atoms with E-state index < -0.39 is 92.1 Å². The molecule has 5 aliphatic rings. The second kappa shape index (κ2) is 18.1. The molecule has 14 nitrogen and oxygen atoms in total. The van der Waals surface area contributed by atoms with Crippen LogP contribution in [0.5, 0.6) is 23.1 Å². The summed E-state index contributed by atoms with van der Waals surface area (Å²) in [6.45, 7) is 7.45. The van der Waals surface area contributed by atoms with Gasteiger partial charge in [0.25, 0.3) is 5.92 Å². The number of Topliss-reactive ketones (excluding diaryl/α,β-unsaturated/α-hetero) is 1. The summed E-state index contributed by atoms with van der Waals surface area (Å²) >= 11 is 0. The molecule has 66 heavy (non-hydrogen) atoms. The van der Waals surface area contributed by atoms with E-state index in [0.29, 0.717) is 86.1 Å². The molecule has 17 heteroatoms. The normalized spacial score (nSPS) is 27.7. The number of esters is 1.